The lowest BCUT2D eigenvalue weighted by molar-refractivity contribution is -0.0449. The van der Waals surface area contributed by atoms with Crippen molar-refractivity contribution in [3.63, 3.8) is 0 Å². The van der Waals surface area contributed by atoms with Crippen LogP contribution in [0.4, 0.5) is 0 Å². The Balaban J connectivity index is 1.66. The number of aliphatic hydroxyl groups is 1. The zero-order valence-corrected chi connectivity index (χ0v) is 13.9. The van der Waals surface area contributed by atoms with Gasteiger partial charge in [0.2, 0.25) is 0 Å². The van der Waals surface area contributed by atoms with E-state index in [1.807, 2.05) is 25.1 Å². The molecule has 1 fully saturated rings. The highest BCUT2D eigenvalue weighted by molar-refractivity contribution is 5.13. The molecule has 0 radical (unpaired) electrons. The van der Waals surface area contributed by atoms with Gasteiger partial charge in [0.1, 0.15) is 6.10 Å². The van der Waals surface area contributed by atoms with Crippen LogP contribution in [-0.4, -0.2) is 56.5 Å². The van der Waals surface area contributed by atoms with Gasteiger partial charge < -0.3 is 24.1 Å². The van der Waals surface area contributed by atoms with Crippen LogP contribution in [0.2, 0.25) is 0 Å². The molecule has 5 heteroatoms. The van der Waals surface area contributed by atoms with Gasteiger partial charge in [-0.25, -0.2) is 0 Å². The summed E-state index contributed by atoms with van der Waals surface area (Å²) in [6, 6.07) is 10.1. The normalized spacial score (nSPS) is 21.3. The molecule has 3 atom stereocenters. The summed E-state index contributed by atoms with van der Waals surface area (Å²) in [7, 11) is 0. The maximum absolute atomic E-state index is 9.01. The molecular formula is C18H28O5. The summed E-state index contributed by atoms with van der Waals surface area (Å²) in [4.78, 5) is 0. The number of benzene rings is 1. The Morgan fingerprint density at radius 1 is 1.13 bits per heavy atom. The molecule has 0 aliphatic carbocycles. The lowest BCUT2D eigenvalue weighted by Crippen LogP contribution is -2.23. The van der Waals surface area contributed by atoms with E-state index in [4.69, 9.17) is 24.1 Å². The lowest BCUT2D eigenvalue weighted by Gasteiger charge is -2.18. The minimum atomic E-state index is 0.0179. The summed E-state index contributed by atoms with van der Waals surface area (Å²) in [6.07, 6.45) is 1.97. The van der Waals surface area contributed by atoms with Crippen molar-refractivity contribution in [1.82, 2.24) is 0 Å². The maximum atomic E-state index is 9.01. The first kappa shape index (κ1) is 18.4. The summed E-state index contributed by atoms with van der Waals surface area (Å²) in [6.45, 7) is 5.09. The Kier molecular flexibility index (Phi) is 8.57. The number of aliphatic hydroxyl groups excluding tert-OH is 1. The van der Waals surface area contributed by atoms with Crippen LogP contribution < -0.4 is 0 Å². The van der Waals surface area contributed by atoms with E-state index in [0.717, 1.165) is 18.4 Å². The van der Waals surface area contributed by atoms with Gasteiger partial charge in [-0.3, -0.25) is 0 Å². The Hall–Kier alpha value is -0.980. The minimum Gasteiger partial charge on any atom is -0.394 e. The van der Waals surface area contributed by atoms with Gasteiger partial charge in [0.15, 0.2) is 0 Å². The Morgan fingerprint density at radius 3 is 2.65 bits per heavy atom. The molecule has 23 heavy (non-hydrogen) atoms. The lowest BCUT2D eigenvalue weighted by atomic mass is 10.1. The third-order valence-corrected chi connectivity index (χ3v) is 3.84. The van der Waals surface area contributed by atoms with Crippen LogP contribution in [0, 0.1) is 0 Å². The SMILES string of the molecule is CCOCCO[C@H](CC[C@@H]1O[C@H]1CO)COCc1ccccc1. The van der Waals surface area contributed by atoms with Crippen molar-refractivity contribution >= 4 is 0 Å². The first-order valence-corrected chi connectivity index (χ1v) is 8.40. The van der Waals surface area contributed by atoms with Gasteiger partial charge in [-0.1, -0.05) is 30.3 Å². The molecule has 0 spiro atoms. The standard InChI is InChI=1S/C18H28O5/c1-2-20-10-11-22-16(8-9-17-18(12-19)23-17)14-21-13-15-6-4-3-5-7-15/h3-7,16-19H,2,8-14H2,1H3/t16-,17+,18+/m1/s1. The highest BCUT2D eigenvalue weighted by atomic mass is 16.6. The molecule has 0 amide bonds. The van der Waals surface area contributed by atoms with E-state index in [1.165, 1.54) is 0 Å². The average Bonchev–Trinajstić information content (AvgIpc) is 3.35. The molecule has 0 aromatic heterocycles. The molecule has 0 bridgehead atoms. The average molecular weight is 324 g/mol. The summed E-state index contributed by atoms with van der Waals surface area (Å²) in [5.74, 6) is 0. The molecule has 130 valence electrons. The van der Waals surface area contributed by atoms with Crippen molar-refractivity contribution in [3.8, 4) is 0 Å². The van der Waals surface area contributed by atoms with Gasteiger partial charge in [-0.15, -0.1) is 0 Å². The molecule has 1 aromatic carbocycles. The fourth-order valence-electron chi connectivity index (χ4n) is 2.46. The van der Waals surface area contributed by atoms with Crippen LogP contribution in [0.25, 0.3) is 0 Å². The predicted octanol–water partition coefficient (Wildman–Crippen LogP) is 2.16. The summed E-state index contributed by atoms with van der Waals surface area (Å²) in [5.41, 5.74) is 1.16. The van der Waals surface area contributed by atoms with Gasteiger partial charge >= 0.3 is 0 Å². The van der Waals surface area contributed by atoms with Gasteiger partial charge in [0.25, 0.3) is 0 Å². The first-order chi connectivity index (χ1) is 11.3. The molecule has 1 N–H and O–H groups in total. The number of hydrogen-bond donors (Lipinski definition) is 1. The molecule has 0 saturated carbocycles. The summed E-state index contributed by atoms with van der Waals surface area (Å²) < 4.78 is 22.3. The van der Waals surface area contributed by atoms with E-state index < -0.39 is 0 Å². The second-order valence-corrected chi connectivity index (χ2v) is 5.66. The minimum absolute atomic E-state index is 0.0179. The van der Waals surface area contributed by atoms with E-state index in [-0.39, 0.29) is 24.9 Å². The van der Waals surface area contributed by atoms with Crippen molar-refractivity contribution in [2.24, 2.45) is 0 Å². The molecule has 1 aliphatic rings. The quantitative estimate of drug-likeness (QED) is 0.445. The predicted molar refractivity (Wildman–Crippen MR) is 87.3 cm³/mol. The van der Waals surface area contributed by atoms with Crippen molar-refractivity contribution in [1.29, 1.82) is 0 Å². The van der Waals surface area contributed by atoms with Crippen LogP contribution in [0.3, 0.4) is 0 Å². The van der Waals surface area contributed by atoms with Crippen molar-refractivity contribution in [2.45, 2.75) is 44.7 Å². The molecular weight excluding hydrogens is 296 g/mol. The Morgan fingerprint density at radius 2 is 1.96 bits per heavy atom. The van der Waals surface area contributed by atoms with Gasteiger partial charge in [0, 0.05) is 6.61 Å². The fourth-order valence-corrected chi connectivity index (χ4v) is 2.46. The second kappa shape index (κ2) is 10.7. The van der Waals surface area contributed by atoms with Crippen LogP contribution in [0.15, 0.2) is 30.3 Å². The molecule has 2 rings (SSSR count). The van der Waals surface area contributed by atoms with Crippen LogP contribution in [-0.2, 0) is 25.6 Å². The second-order valence-electron chi connectivity index (χ2n) is 5.66. The summed E-state index contributed by atoms with van der Waals surface area (Å²) >= 11 is 0. The molecule has 0 unspecified atom stereocenters. The van der Waals surface area contributed by atoms with E-state index in [1.54, 1.807) is 0 Å². The maximum Gasteiger partial charge on any atom is 0.107 e. The third-order valence-electron chi connectivity index (χ3n) is 3.84. The molecule has 5 nitrogen and oxygen atoms in total. The first-order valence-electron chi connectivity index (χ1n) is 8.40. The smallest absolute Gasteiger partial charge is 0.107 e. The zero-order valence-electron chi connectivity index (χ0n) is 13.9. The van der Waals surface area contributed by atoms with Crippen molar-refractivity contribution < 1.29 is 24.1 Å². The topological polar surface area (TPSA) is 60.5 Å². The Labute approximate surface area is 138 Å². The molecule has 1 saturated heterocycles. The van der Waals surface area contributed by atoms with Gasteiger partial charge in [0.05, 0.1) is 45.2 Å². The van der Waals surface area contributed by atoms with E-state index in [2.05, 4.69) is 12.1 Å². The zero-order chi connectivity index (χ0) is 16.3. The van der Waals surface area contributed by atoms with E-state index in [9.17, 15) is 0 Å². The van der Waals surface area contributed by atoms with Crippen LogP contribution >= 0.6 is 0 Å². The van der Waals surface area contributed by atoms with Crippen molar-refractivity contribution in [2.75, 3.05) is 33.0 Å². The molecule has 1 heterocycles. The van der Waals surface area contributed by atoms with E-state index in [0.29, 0.717) is 33.0 Å². The largest absolute Gasteiger partial charge is 0.394 e. The number of ether oxygens (including phenoxy) is 4. The van der Waals surface area contributed by atoms with Crippen LogP contribution in [0.5, 0.6) is 0 Å². The monoisotopic (exact) mass is 324 g/mol. The van der Waals surface area contributed by atoms with Gasteiger partial charge in [-0.2, -0.15) is 0 Å². The Bertz CT molecular complexity index is 411. The summed E-state index contributed by atoms with van der Waals surface area (Å²) in [5, 5.41) is 9.01. The number of hydrogen-bond acceptors (Lipinski definition) is 5. The van der Waals surface area contributed by atoms with Crippen LogP contribution in [0.1, 0.15) is 25.3 Å². The third kappa shape index (κ3) is 7.42. The number of rotatable bonds is 13. The van der Waals surface area contributed by atoms with Gasteiger partial charge in [-0.05, 0) is 25.3 Å². The van der Waals surface area contributed by atoms with E-state index >= 15 is 0 Å². The molecule has 1 aliphatic heterocycles. The van der Waals surface area contributed by atoms with Crippen molar-refractivity contribution in [3.05, 3.63) is 35.9 Å². The fraction of sp³-hybridized carbons (Fsp3) is 0.667. The number of epoxide rings is 1. The molecule has 1 aromatic rings. The highest BCUT2D eigenvalue weighted by Gasteiger charge is 2.37. The highest BCUT2D eigenvalue weighted by Crippen LogP contribution is 2.27.